The molecule has 5 nitrogen and oxygen atoms in total. The van der Waals surface area contributed by atoms with Gasteiger partial charge in [0.05, 0.1) is 12.2 Å². The lowest BCUT2D eigenvalue weighted by atomic mass is 10.1. The van der Waals surface area contributed by atoms with Crippen LogP contribution in [0, 0.1) is 13.8 Å². The summed E-state index contributed by atoms with van der Waals surface area (Å²) in [5.74, 6) is 0.653. The van der Waals surface area contributed by atoms with Crippen molar-refractivity contribution in [3.05, 3.63) is 81.6 Å². The van der Waals surface area contributed by atoms with Gasteiger partial charge in [-0.25, -0.2) is 0 Å². The van der Waals surface area contributed by atoms with Crippen LogP contribution in [0.1, 0.15) is 45.7 Å². The molecule has 1 N–H and O–H groups in total. The van der Waals surface area contributed by atoms with Crippen LogP contribution < -0.4 is 10.1 Å². The predicted molar refractivity (Wildman–Crippen MR) is 111 cm³/mol. The monoisotopic (exact) mass is 397 g/mol. The SMILES string of the molecule is Cc1cc(Cl)ccc1OCc1cccc(C(=O)NC(C)c2cnn(C)c2C)c1. The van der Waals surface area contributed by atoms with Crippen molar-refractivity contribution in [2.75, 3.05) is 0 Å². The summed E-state index contributed by atoms with van der Waals surface area (Å²) in [6.07, 6.45) is 1.79. The maximum absolute atomic E-state index is 12.7. The molecule has 1 heterocycles. The number of rotatable bonds is 6. The van der Waals surface area contributed by atoms with E-state index >= 15 is 0 Å². The van der Waals surface area contributed by atoms with Crippen molar-refractivity contribution in [2.24, 2.45) is 7.05 Å². The Morgan fingerprint density at radius 2 is 2.04 bits per heavy atom. The van der Waals surface area contributed by atoms with Crippen LogP contribution in [-0.2, 0) is 13.7 Å². The summed E-state index contributed by atoms with van der Waals surface area (Å²) in [5.41, 5.74) is 4.54. The molecule has 0 radical (unpaired) electrons. The van der Waals surface area contributed by atoms with Crippen molar-refractivity contribution >= 4 is 17.5 Å². The van der Waals surface area contributed by atoms with Gasteiger partial charge in [0.25, 0.3) is 5.91 Å². The molecule has 1 unspecified atom stereocenters. The molecule has 0 aliphatic carbocycles. The molecule has 0 saturated heterocycles. The zero-order valence-corrected chi connectivity index (χ0v) is 17.2. The number of aryl methyl sites for hydroxylation is 2. The van der Waals surface area contributed by atoms with Crippen LogP contribution in [0.25, 0.3) is 0 Å². The van der Waals surface area contributed by atoms with Crippen molar-refractivity contribution in [2.45, 2.75) is 33.4 Å². The van der Waals surface area contributed by atoms with Crippen LogP contribution in [0.5, 0.6) is 5.75 Å². The number of halogens is 1. The van der Waals surface area contributed by atoms with Gasteiger partial charge < -0.3 is 10.1 Å². The Balaban J connectivity index is 1.66. The first-order valence-electron chi connectivity index (χ1n) is 9.12. The molecular formula is C22H24ClN3O2. The van der Waals surface area contributed by atoms with Gasteiger partial charge in [-0.2, -0.15) is 5.10 Å². The molecule has 28 heavy (non-hydrogen) atoms. The van der Waals surface area contributed by atoms with E-state index in [9.17, 15) is 4.79 Å². The van der Waals surface area contributed by atoms with Gasteiger partial charge in [-0.3, -0.25) is 9.48 Å². The number of nitrogens with zero attached hydrogens (tertiary/aromatic N) is 2. The minimum atomic E-state index is -0.127. The summed E-state index contributed by atoms with van der Waals surface area (Å²) < 4.78 is 7.68. The number of aromatic nitrogens is 2. The first kappa shape index (κ1) is 20.0. The highest BCUT2D eigenvalue weighted by Crippen LogP contribution is 2.23. The number of amides is 1. The Morgan fingerprint density at radius 1 is 1.25 bits per heavy atom. The smallest absolute Gasteiger partial charge is 0.251 e. The fourth-order valence-electron chi connectivity index (χ4n) is 3.04. The zero-order valence-electron chi connectivity index (χ0n) is 16.5. The number of ether oxygens (including phenoxy) is 1. The molecule has 6 heteroatoms. The minimum Gasteiger partial charge on any atom is -0.489 e. The summed E-state index contributed by atoms with van der Waals surface area (Å²) in [5, 5.41) is 7.95. The average molecular weight is 398 g/mol. The van der Waals surface area contributed by atoms with Gasteiger partial charge in [0.15, 0.2) is 0 Å². The number of carbonyl (C=O) groups excluding carboxylic acids is 1. The average Bonchev–Trinajstić information content (AvgIpc) is 3.00. The highest BCUT2D eigenvalue weighted by Gasteiger charge is 2.16. The summed E-state index contributed by atoms with van der Waals surface area (Å²) in [7, 11) is 1.89. The predicted octanol–water partition coefficient (Wildman–Crippen LogP) is 4.76. The van der Waals surface area contributed by atoms with Crippen LogP contribution in [0.3, 0.4) is 0 Å². The minimum absolute atomic E-state index is 0.125. The Hall–Kier alpha value is -2.79. The maximum atomic E-state index is 12.7. The van der Waals surface area contributed by atoms with E-state index < -0.39 is 0 Å². The second-order valence-corrected chi connectivity index (χ2v) is 7.34. The molecule has 0 aliphatic rings. The first-order valence-corrected chi connectivity index (χ1v) is 9.50. The first-order chi connectivity index (χ1) is 13.3. The van der Waals surface area contributed by atoms with Crippen molar-refractivity contribution in [1.29, 1.82) is 0 Å². The quantitative estimate of drug-likeness (QED) is 0.652. The number of carbonyl (C=O) groups is 1. The van der Waals surface area contributed by atoms with E-state index in [-0.39, 0.29) is 11.9 Å². The summed E-state index contributed by atoms with van der Waals surface area (Å²) in [4.78, 5) is 12.7. The molecule has 146 valence electrons. The lowest BCUT2D eigenvalue weighted by Crippen LogP contribution is -2.27. The van der Waals surface area contributed by atoms with Gasteiger partial charge in [-0.05, 0) is 62.2 Å². The molecule has 0 bridgehead atoms. The molecule has 2 aromatic carbocycles. The summed E-state index contributed by atoms with van der Waals surface area (Å²) in [6, 6.07) is 12.8. The number of nitrogens with one attached hydrogen (secondary N) is 1. The van der Waals surface area contributed by atoms with E-state index in [2.05, 4.69) is 10.4 Å². The summed E-state index contributed by atoms with van der Waals surface area (Å²) in [6.45, 7) is 6.27. The van der Waals surface area contributed by atoms with Crippen LogP contribution >= 0.6 is 11.6 Å². The van der Waals surface area contributed by atoms with E-state index in [1.165, 1.54) is 0 Å². The molecule has 3 rings (SSSR count). The normalized spacial score (nSPS) is 11.9. The van der Waals surface area contributed by atoms with Crippen molar-refractivity contribution in [3.8, 4) is 5.75 Å². The number of hydrogen-bond acceptors (Lipinski definition) is 3. The lowest BCUT2D eigenvalue weighted by molar-refractivity contribution is 0.0939. The van der Waals surface area contributed by atoms with E-state index in [1.54, 1.807) is 23.0 Å². The molecule has 3 aromatic rings. The Kier molecular flexibility index (Phi) is 6.05. The van der Waals surface area contributed by atoms with Gasteiger partial charge in [0.2, 0.25) is 0 Å². The van der Waals surface area contributed by atoms with Gasteiger partial charge in [-0.1, -0.05) is 23.7 Å². The highest BCUT2D eigenvalue weighted by molar-refractivity contribution is 6.30. The topological polar surface area (TPSA) is 56.1 Å². The molecular weight excluding hydrogens is 374 g/mol. The van der Waals surface area contributed by atoms with Crippen molar-refractivity contribution in [3.63, 3.8) is 0 Å². The molecule has 0 aliphatic heterocycles. The van der Waals surface area contributed by atoms with Gasteiger partial charge in [0, 0.05) is 28.9 Å². The largest absolute Gasteiger partial charge is 0.489 e. The standard InChI is InChI=1S/C22H24ClN3O2/c1-14-10-19(23)8-9-21(14)28-13-17-6-5-7-18(11-17)22(27)25-15(2)20-12-24-26(4)16(20)3/h5-12,15H,13H2,1-4H3,(H,25,27). The van der Waals surface area contributed by atoms with E-state index in [0.29, 0.717) is 17.2 Å². The fraction of sp³-hybridized carbons (Fsp3) is 0.273. The molecule has 1 aromatic heterocycles. The third kappa shape index (κ3) is 4.54. The molecule has 1 amide bonds. The summed E-state index contributed by atoms with van der Waals surface area (Å²) >= 11 is 5.98. The molecule has 0 saturated carbocycles. The van der Waals surface area contributed by atoms with Gasteiger partial charge in [0.1, 0.15) is 12.4 Å². The van der Waals surface area contributed by atoms with E-state index in [1.807, 2.05) is 58.2 Å². The second kappa shape index (κ2) is 8.48. The van der Waals surface area contributed by atoms with E-state index in [4.69, 9.17) is 16.3 Å². The van der Waals surface area contributed by atoms with Gasteiger partial charge >= 0.3 is 0 Å². The van der Waals surface area contributed by atoms with Crippen LogP contribution in [-0.4, -0.2) is 15.7 Å². The molecule has 0 spiro atoms. The Bertz CT molecular complexity index is 997. The van der Waals surface area contributed by atoms with Gasteiger partial charge in [-0.15, -0.1) is 0 Å². The lowest BCUT2D eigenvalue weighted by Gasteiger charge is -2.14. The molecule has 1 atom stereocenters. The van der Waals surface area contributed by atoms with Crippen LogP contribution in [0.15, 0.2) is 48.7 Å². The Morgan fingerprint density at radius 3 is 2.71 bits per heavy atom. The molecule has 0 fully saturated rings. The maximum Gasteiger partial charge on any atom is 0.251 e. The number of hydrogen-bond donors (Lipinski definition) is 1. The second-order valence-electron chi connectivity index (χ2n) is 6.90. The third-order valence-electron chi connectivity index (χ3n) is 4.81. The van der Waals surface area contributed by atoms with Crippen molar-refractivity contribution < 1.29 is 9.53 Å². The van der Waals surface area contributed by atoms with Crippen LogP contribution in [0.2, 0.25) is 5.02 Å². The highest BCUT2D eigenvalue weighted by atomic mass is 35.5. The number of benzene rings is 2. The van der Waals surface area contributed by atoms with Crippen molar-refractivity contribution in [1.82, 2.24) is 15.1 Å². The van der Waals surface area contributed by atoms with E-state index in [0.717, 1.165) is 28.1 Å². The van der Waals surface area contributed by atoms with Crippen LogP contribution in [0.4, 0.5) is 0 Å². The fourth-order valence-corrected chi connectivity index (χ4v) is 3.26. The Labute approximate surface area is 170 Å². The zero-order chi connectivity index (χ0) is 20.3. The third-order valence-corrected chi connectivity index (χ3v) is 5.04.